The molecule has 3 N–H and O–H groups in total. The number of nitrogens with two attached hydrogens (primary N) is 1. The summed E-state index contributed by atoms with van der Waals surface area (Å²) in [4.78, 5) is 2.40. The first-order valence-electron chi connectivity index (χ1n) is 7.67. The van der Waals surface area contributed by atoms with Crippen molar-refractivity contribution in [1.82, 2.24) is 0 Å². The van der Waals surface area contributed by atoms with Crippen molar-refractivity contribution < 1.29 is 9.94 Å². The van der Waals surface area contributed by atoms with Crippen LogP contribution >= 0.6 is 0 Å². The van der Waals surface area contributed by atoms with E-state index in [1.54, 1.807) is 0 Å². The fourth-order valence-corrected chi connectivity index (χ4v) is 3.55. The second-order valence-corrected chi connectivity index (χ2v) is 5.96. The molecule has 0 radical (unpaired) electrons. The Labute approximate surface area is 125 Å². The average Bonchev–Trinajstić information content (AvgIpc) is 2.53. The molecule has 2 fully saturated rings. The normalized spacial score (nSPS) is 26.5. The van der Waals surface area contributed by atoms with Crippen molar-refractivity contribution in [3.8, 4) is 0 Å². The number of aryl methyl sites for hydroxylation is 1. The molecule has 0 amide bonds. The lowest BCUT2D eigenvalue weighted by Gasteiger charge is -2.45. The molecule has 1 saturated carbocycles. The lowest BCUT2D eigenvalue weighted by Crippen LogP contribution is -2.53. The topological polar surface area (TPSA) is 71.1 Å². The number of oxime groups is 1. The van der Waals surface area contributed by atoms with Gasteiger partial charge in [0.05, 0.1) is 18.8 Å². The number of ether oxygens (including phenoxy) is 1. The first-order chi connectivity index (χ1) is 10.2. The lowest BCUT2D eigenvalue weighted by molar-refractivity contribution is -0.00869. The summed E-state index contributed by atoms with van der Waals surface area (Å²) in [5.74, 6) is 0.170. The molecule has 2 atom stereocenters. The highest BCUT2D eigenvalue weighted by Crippen LogP contribution is 2.34. The Morgan fingerprint density at radius 2 is 2.19 bits per heavy atom. The van der Waals surface area contributed by atoms with Crippen LogP contribution in [0.2, 0.25) is 0 Å². The standard InChI is InChI=1S/C16H23N3O2/c1-11-6-7-12(16(17)18-20)14(10-11)19-8-9-21-15-5-3-2-4-13(15)19/h6-7,10,13,15,20H,2-5,8-9H2,1H3,(H2,17,18). The van der Waals surface area contributed by atoms with Gasteiger partial charge in [-0.3, -0.25) is 0 Å². The van der Waals surface area contributed by atoms with Crippen LogP contribution < -0.4 is 10.6 Å². The van der Waals surface area contributed by atoms with E-state index in [2.05, 4.69) is 23.0 Å². The Bertz CT molecular complexity index is 542. The number of nitrogens with zero attached hydrogens (tertiary/aromatic N) is 2. The molecule has 0 bridgehead atoms. The maximum atomic E-state index is 9.03. The van der Waals surface area contributed by atoms with Crippen LogP contribution in [0.25, 0.3) is 0 Å². The number of anilines is 1. The summed E-state index contributed by atoms with van der Waals surface area (Å²) in [5, 5.41) is 12.2. The van der Waals surface area contributed by atoms with Crippen molar-refractivity contribution in [3.05, 3.63) is 29.3 Å². The van der Waals surface area contributed by atoms with Gasteiger partial charge in [0, 0.05) is 17.8 Å². The van der Waals surface area contributed by atoms with E-state index in [1.807, 2.05) is 12.1 Å². The number of morpholine rings is 1. The molecule has 1 saturated heterocycles. The van der Waals surface area contributed by atoms with E-state index in [0.29, 0.717) is 12.1 Å². The third-order valence-corrected chi connectivity index (χ3v) is 4.58. The molecule has 1 aromatic carbocycles. The number of hydrogen-bond donors (Lipinski definition) is 2. The highest BCUT2D eigenvalue weighted by molar-refractivity contribution is 6.02. The Morgan fingerprint density at radius 1 is 1.38 bits per heavy atom. The smallest absolute Gasteiger partial charge is 0.172 e. The molecule has 21 heavy (non-hydrogen) atoms. The second kappa shape index (κ2) is 5.93. The highest BCUT2D eigenvalue weighted by Gasteiger charge is 2.35. The maximum absolute atomic E-state index is 9.03. The molecule has 114 valence electrons. The molecule has 5 nitrogen and oxygen atoms in total. The number of rotatable bonds is 2. The van der Waals surface area contributed by atoms with Gasteiger partial charge < -0.3 is 20.6 Å². The van der Waals surface area contributed by atoms with Crippen molar-refractivity contribution in [2.24, 2.45) is 10.9 Å². The van der Waals surface area contributed by atoms with Crippen molar-refractivity contribution in [2.75, 3.05) is 18.1 Å². The molecular weight excluding hydrogens is 266 g/mol. The van der Waals surface area contributed by atoms with Gasteiger partial charge >= 0.3 is 0 Å². The Balaban J connectivity index is 1.99. The van der Waals surface area contributed by atoms with Crippen LogP contribution in [0.5, 0.6) is 0 Å². The molecule has 1 heterocycles. The molecule has 3 rings (SSSR count). The van der Waals surface area contributed by atoms with Crippen LogP contribution in [0.15, 0.2) is 23.4 Å². The quantitative estimate of drug-likeness (QED) is 0.379. The van der Waals surface area contributed by atoms with Crippen LogP contribution in [0, 0.1) is 6.92 Å². The number of fused-ring (bicyclic) bond motifs is 1. The highest BCUT2D eigenvalue weighted by atomic mass is 16.5. The predicted octanol–water partition coefficient (Wildman–Crippen LogP) is 2.24. The molecule has 5 heteroatoms. The van der Waals surface area contributed by atoms with Gasteiger partial charge in [0.25, 0.3) is 0 Å². The van der Waals surface area contributed by atoms with Gasteiger partial charge in [0.2, 0.25) is 0 Å². The molecule has 2 aliphatic rings. The zero-order chi connectivity index (χ0) is 14.8. The zero-order valence-corrected chi connectivity index (χ0v) is 12.5. The molecule has 1 aliphatic carbocycles. The van der Waals surface area contributed by atoms with E-state index in [1.165, 1.54) is 18.4 Å². The largest absolute Gasteiger partial charge is 0.409 e. The van der Waals surface area contributed by atoms with Gasteiger partial charge in [0.1, 0.15) is 0 Å². The summed E-state index contributed by atoms with van der Waals surface area (Å²) >= 11 is 0. The van der Waals surface area contributed by atoms with Crippen LogP contribution in [0.4, 0.5) is 5.69 Å². The van der Waals surface area contributed by atoms with E-state index < -0.39 is 0 Å². The zero-order valence-electron chi connectivity index (χ0n) is 12.5. The average molecular weight is 289 g/mol. The first kappa shape index (κ1) is 14.2. The molecule has 2 unspecified atom stereocenters. The van der Waals surface area contributed by atoms with E-state index in [-0.39, 0.29) is 5.84 Å². The van der Waals surface area contributed by atoms with Gasteiger partial charge in [-0.1, -0.05) is 24.1 Å². The molecule has 1 aliphatic heterocycles. The molecule has 1 aromatic rings. The lowest BCUT2D eigenvalue weighted by atomic mass is 9.89. The molecule has 0 spiro atoms. The SMILES string of the molecule is Cc1ccc(C(N)=NO)c(N2CCOC3CCCCC32)c1. The summed E-state index contributed by atoms with van der Waals surface area (Å²) < 4.78 is 5.94. The van der Waals surface area contributed by atoms with Crippen LogP contribution in [-0.2, 0) is 4.74 Å². The summed E-state index contributed by atoms with van der Waals surface area (Å²) in [6, 6.07) is 6.46. The Hall–Kier alpha value is -1.75. The third-order valence-electron chi connectivity index (χ3n) is 4.58. The van der Waals surface area contributed by atoms with Crippen molar-refractivity contribution in [2.45, 2.75) is 44.8 Å². The van der Waals surface area contributed by atoms with E-state index in [4.69, 9.17) is 15.7 Å². The summed E-state index contributed by atoms with van der Waals surface area (Å²) in [7, 11) is 0. The van der Waals surface area contributed by atoms with E-state index >= 15 is 0 Å². The van der Waals surface area contributed by atoms with E-state index in [9.17, 15) is 0 Å². The van der Waals surface area contributed by atoms with Gasteiger partial charge in [0.15, 0.2) is 5.84 Å². The van der Waals surface area contributed by atoms with Crippen LogP contribution in [0.3, 0.4) is 0 Å². The predicted molar refractivity (Wildman–Crippen MR) is 83.0 cm³/mol. The monoisotopic (exact) mass is 289 g/mol. The fraction of sp³-hybridized carbons (Fsp3) is 0.562. The van der Waals surface area contributed by atoms with Crippen LogP contribution in [0.1, 0.15) is 36.8 Å². The molecule has 0 aromatic heterocycles. The Morgan fingerprint density at radius 3 is 3.00 bits per heavy atom. The van der Waals surface area contributed by atoms with Crippen molar-refractivity contribution >= 4 is 11.5 Å². The minimum atomic E-state index is 0.170. The Kier molecular flexibility index (Phi) is 4.01. The van der Waals surface area contributed by atoms with Crippen molar-refractivity contribution in [1.29, 1.82) is 0 Å². The minimum absolute atomic E-state index is 0.170. The van der Waals surface area contributed by atoms with Gasteiger partial charge in [-0.15, -0.1) is 0 Å². The second-order valence-electron chi connectivity index (χ2n) is 5.96. The number of benzene rings is 1. The fourth-order valence-electron chi connectivity index (χ4n) is 3.55. The first-order valence-corrected chi connectivity index (χ1v) is 7.67. The van der Waals surface area contributed by atoms with Gasteiger partial charge in [-0.25, -0.2) is 0 Å². The minimum Gasteiger partial charge on any atom is -0.409 e. The van der Waals surface area contributed by atoms with Crippen molar-refractivity contribution in [3.63, 3.8) is 0 Å². The molecular formula is C16H23N3O2. The number of amidine groups is 1. The van der Waals surface area contributed by atoms with Crippen LogP contribution in [-0.4, -0.2) is 36.3 Å². The number of hydrogen-bond acceptors (Lipinski definition) is 4. The van der Waals surface area contributed by atoms with Gasteiger partial charge in [-0.2, -0.15) is 0 Å². The summed E-state index contributed by atoms with van der Waals surface area (Å²) in [6.45, 7) is 3.67. The third kappa shape index (κ3) is 2.70. The maximum Gasteiger partial charge on any atom is 0.172 e. The van der Waals surface area contributed by atoms with Gasteiger partial charge in [-0.05, 0) is 37.5 Å². The summed E-state index contributed by atoms with van der Waals surface area (Å²) in [5.41, 5.74) is 8.90. The summed E-state index contributed by atoms with van der Waals surface area (Å²) in [6.07, 6.45) is 5.08. The van der Waals surface area contributed by atoms with E-state index in [0.717, 1.165) is 37.2 Å².